The Bertz CT molecular complexity index is 236. The van der Waals surface area contributed by atoms with E-state index in [1.165, 1.54) is 25.7 Å². The quantitative estimate of drug-likeness (QED) is 0.772. The molecule has 0 amide bonds. The van der Waals surface area contributed by atoms with Gasteiger partial charge in [0.2, 0.25) is 0 Å². The van der Waals surface area contributed by atoms with E-state index >= 15 is 0 Å². The number of carbonyl (C=O) groups is 1. The van der Waals surface area contributed by atoms with Crippen LogP contribution in [0.3, 0.4) is 0 Å². The van der Waals surface area contributed by atoms with E-state index in [-0.39, 0.29) is 12.5 Å². The number of rotatable bonds is 5. The standard InChI is InChI=1S/C13H23NO2/c15-9-8-14(12-5-1-2-6-12)10-11-4-3-7-13(11)16/h11-12,15H,1-10H2. The number of aliphatic hydroxyl groups excluding tert-OH is 1. The molecule has 2 saturated carbocycles. The molecule has 92 valence electrons. The average Bonchev–Trinajstić information content (AvgIpc) is 2.90. The monoisotopic (exact) mass is 225 g/mol. The highest BCUT2D eigenvalue weighted by Crippen LogP contribution is 2.27. The van der Waals surface area contributed by atoms with Crippen molar-refractivity contribution >= 4 is 5.78 Å². The molecule has 2 rings (SSSR count). The summed E-state index contributed by atoms with van der Waals surface area (Å²) in [6, 6.07) is 0.626. The van der Waals surface area contributed by atoms with Crippen molar-refractivity contribution < 1.29 is 9.90 Å². The number of Topliss-reactive ketones (excluding diaryl/α,β-unsaturated/α-hetero) is 1. The van der Waals surface area contributed by atoms with Gasteiger partial charge in [-0.2, -0.15) is 0 Å². The Kier molecular flexibility index (Phi) is 4.36. The first-order valence-corrected chi connectivity index (χ1v) is 6.69. The number of aliphatic hydroxyl groups is 1. The van der Waals surface area contributed by atoms with Crippen LogP contribution in [0.4, 0.5) is 0 Å². The van der Waals surface area contributed by atoms with Crippen LogP contribution in [0.25, 0.3) is 0 Å². The molecule has 0 radical (unpaired) electrons. The lowest BCUT2D eigenvalue weighted by molar-refractivity contribution is -0.121. The summed E-state index contributed by atoms with van der Waals surface area (Å²) in [5.41, 5.74) is 0. The van der Waals surface area contributed by atoms with Crippen LogP contribution in [-0.4, -0.2) is 41.5 Å². The molecule has 0 aromatic heterocycles. The van der Waals surface area contributed by atoms with Crippen molar-refractivity contribution in [1.29, 1.82) is 0 Å². The van der Waals surface area contributed by atoms with Gasteiger partial charge in [-0.1, -0.05) is 12.8 Å². The Morgan fingerprint density at radius 2 is 1.94 bits per heavy atom. The number of hydrogen-bond donors (Lipinski definition) is 1. The Morgan fingerprint density at radius 1 is 1.19 bits per heavy atom. The van der Waals surface area contributed by atoms with Crippen LogP contribution in [-0.2, 0) is 4.79 Å². The average molecular weight is 225 g/mol. The second-order valence-corrected chi connectivity index (χ2v) is 5.21. The van der Waals surface area contributed by atoms with Crippen LogP contribution >= 0.6 is 0 Å². The molecule has 0 spiro atoms. The van der Waals surface area contributed by atoms with E-state index in [0.29, 0.717) is 11.8 Å². The van der Waals surface area contributed by atoms with Gasteiger partial charge >= 0.3 is 0 Å². The molecule has 2 aliphatic carbocycles. The van der Waals surface area contributed by atoms with Gasteiger partial charge in [-0.15, -0.1) is 0 Å². The van der Waals surface area contributed by atoms with E-state index in [0.717, 1.165) is 32.4 Å². The SMILES string of the molecule is O=C1CCCC1CN(CCO)C1CCCC1. The lowest BCUT2D eigenvalue weighted by atomic mass is 10.0. The van der Waals surface area contributed by atoms with Gasteiger partial charge in [0.1, 0.15) is 5.78 Å². The maximum atomic E-state index is 11.6. The molecule has 1 N–H and O–H groups in total. The maximum Gasteiger partial charge on any atom is 0.137 e. The number of carbonyl (C=O) groups excluding carboxylic acids is 1. The summed E-state index contributed by atoms with van der Waals surface area (Å²) in [6.07, 6.45) is 8.04. The topological polar surface area (TPSA) is 40.5 Å². The number of nitrogens with zero attached hydrogens (tertiary/aromatic N) is 1. The summed E-state index contributed by atoms with van der Waals surface area (Å²) in [5.74, 6) is 0.702. The zero-order chi connectivity index (χ0) is 11.4. The Hall–Kier alpha value is -0.410. The first-order valence-electron chi connectivity index (χ1n) is 6.69. The minimum absolute atomic E-state index is 0.220. The van der Waals surface area contributed by atoms with Crippen molar-refractivity contribution in [3.05, 3.63) is 0 Å². The molecular formula is C13H23NO2. The van der Waals surface area contributed by atoms with Crippen molar-refractivity contribution in [2.45, 2.75) is 51.0 Å². The molecule has 2 aliphatic rings. The predicted octanol–water partition coefficient (Wildman–Crippen LogP) is 1.59. The third-order valence-corrected chi connectivity index (χ3v) is 4.11. The molecule has 0 aliphatic heterocycles. The molecule has 0 saturated heterocycles. The highest BCUT2D eigenvalue weighted by Gasteiger charge is 2.30. The van der Waals surface area contributed by atoms with Gasteiger partial charge in [0.05, 0.1) is 6.61 Å². The first kappa shape index (κ1) is 12.1. The third-order valence-electron chi connectivity index (χ3n) is 4.11. The fourth-order valence-corrected chi connectivity index (χ4v) is 3.18. The Labute approximate surface area is 97.8 Å². The van der Waals surface area contributed by atoms with Crippen LogP contribution in [0, 0.1) is 5.92 Å². The van der Waals surface area contributed by atoms with Crippen LogP contribution < -0.4 is 0 Å². The molecule has 0 aromatic rings. The van der Waals surface area contributed by atoms with E-state index in [2.05, 4.69) is 4.90 Å². The van der Waals surface area contributed by atoms with Gasteiger partial charge in [-0.25, -0.2) is 0 Å². The highest BCUT2D eigenvalue weighted by molar-refractivity contribution is 5.83. The molecule has 0 heterocycles. The van der Waals surface area contributed by atoms with Crippen LogP contribution in [0.5, 0.6) is 0 Å². The summed E-state index contributed by atoms with van der Waals surface area (Å²) >= 11 is 0. The molecule has 0 bridgehead atoms. The molecule has 3 heteroatoms. The molecule has 2 fully saturated rings. The summed E-state index contributed by atoms with van der Waals surface area (Å²) in [5, 5.41) is 9.11. The molecular weight excluding hydrogens is 202 g/mol. The number of hydrogen-bond acceptors (Lipinski definition) is 3. The van der Waals surface area contributed by atoms with Crippen molar-refractivity contribution in [3.63, 3.8) is 0 Å². The smallest absolute Gasteiger partial charge is 0.137 e. The minimum Gasteiger partial charge on any atom is -0.395 e. The van der Waals surface area contributed by atoms with Crippen molar-refractivity contribution in [3.8, 4) is 0 Å². The fraction of sp³-hybridized carbons (Fsp3) is 0.923. The molecule has 1 unspecified atom stereocenters. The maximum absolute atomic E-state index is 11.6. The van der Waals surface area contributed by atoms with E-state index in [1.54, 1.807) is 0 Å². The van der Waals surface area contributed by atoms with Crippen LogP contribution in [0.2, 0.25) is 0 Å². The molecule has 3 nitrogen and oxygen atoms in total. The second kappa shape index (κ2) is 5.78. The van der Waals surface area contributed by atoms with Gasteiger partial charge in [0, 0.05) is 31.5 Å². The van der Waals surface area contributed by atoms with Gasteiger partial charge in [0.15, 0.2) is 0 Å². The molecule has 16 heavy (non-hydrogen) atoms. The summed E-state index contributed by atoms with van der Waals surface area (Å²) in [6.45, 7) is 1.86. The van der Waals surface area contributed by atoms with Crippen LogP contribution in [0.1, 0.15) is 44.9 Å². The zero-order valence-corrected chi connectivity index (χ0v) is 10.0. The lowest BCUT2D eigenvalue weighted by Gasteiger charge is -2.30. The van der Waals surface area contributed by atoms with Crippen LogP contribution in [0.15, 0.2) is 0 Å². The van der Waals surface area contributed by atoms with E-state index in [1.807, 2.05) is 0 Å². The summed E-state index contributed by atoms with van der Waals surface area (Å²) in [7, 11) is 0. The number of ketones is 1. The Balaban J connectivity index is 1.88. The van der Waals surface area contributed by atoms with E-state index in [9.17, 15) is 4.79 Å². The van der Waals surface area contributed by atoms with Crippen molar-refractivity contribution in [2.24, 2.45) is 5.92 Å². The first-order chi connectivity index (χ1) is 7.81. The van der Waals surface area contributed by atoms with Gasteiger partial charge in [0.25, 0.3) is 0 Å². The van der Waals surface area contributed by atoms with Crippen molar-refractivity contribution in [2.75, 3.05) is 19.7 Å². The third kappa shape index (κ3) is 2.83. The normalized spacial score (nSPS) is 27.1. The zero-order valence-electron chi connectivity index (χ0n) is 10.0. The fourth-order valence-electron chi connectivity index (χ4n) is 3.18. The lowest BCUT2D eigenvalue weighted by Crippen LogP contribution is -2.40. The predicted molar refractivity (Wildman–Crippen MR) is 63.3 cm³/mol. The van der Waals surface area contributed by atoms with Gasteiger partial charge in [-0.3, -0.25) is 9.69 Å². The largest absolute Gasteiger partial charge is 0.395 e. The van der Waals surface area contributed by atoms with Crippen molar-refractivity contribution in [1.82, 2.24) is 4.90 Å². The van der Waals surface area contributed by atoms with Gasteiger partial charge < -0.3 is 5.11 Å². The molecule has 0 aromatic carbocycles. The second-order valence-electron chi connectivity index (χ2n) is 5.21. The molecule has 1 atom stereocenters. The Morgan fingerprint density at radius 3 is 2.50 bits per heavy atom. The van der Waals surface area contributed by atoms with E-state index < -0.39 is 0 Å². The summed E-state index contributed by atoms with van der Waals surface area (Å²) in [4.78, 5) is 14.0. The summed E-state index contributed by atoms with van der Waals surface area (Å²) < 4.78 is 0. The minimum atomic E-state index is 0.220. The van der Waals surface area contributed by atoms with E-state index in [4.69, 9.17) is 5.11 Å². The highest BCUT2D eigenvalue weighted by atomic mass is 16.3. The van der Waals surface area contributed by atoms with Gasteiger partial charge in [-0.05, 0) is 25.7 Å².